The minimum absolute atomic E-state index is 0.184. The first kappa shape index (κ1) is 15.9. The number of piperidine rings is 1. The number of hydrogen-bond acceptors (Lipinski definition) is 3. The molecule has 6 heteroatoms. The van der Waals surface area contributed by atoms with E-state index in [1.54, 1.807) is 12.1 Å². The van der Waals surface area contributed by atoms with Crippen molar-refractivity contribution in [2.75, 3.05) is 32.1 Å². The van der Waals surface area contributed by atoms with E-state index in [4.69, 9.17) is 0 Å². The fourth-order valence-corrected chi connectivity index (χ4v) is 2.99. The number of alkyl halides is 3. The molecule has 1 fully saturated rings. The van der Waals surface area contributed by atoms with Crippen LogP contribution in [0.4, 0.5) is 18.9 Å². The lowest BCUT2D eigenvalue weighted by molar-refractivity contribution is -0.274. The molecule has 0 radical (unpaired) electrons. The quantitative estimate of drug-likeness (QED) is 0.851. The highest BCUT2D eigenvalue weighted by Crippen LogP contribution is 2.28. The third-order valence-corrected chi connectivity index (χ3v) is 4.04. The van der Waals surface area contributed by atoms with Crippen LogP contribution in [0.25, 0.3) is 0 Å². The van der Waals surface area contributed by atoms with Gasteiger partial charge in [-0.15, -0.1) is 13.2 Å². The van der Waals surface area contributed by atoms with Gasteiger partial charge < -0.3 is 14.5 Å². The lowest BCUT2D eigenvalue weighted by Gasteiger charge is -2.41. The minimum Gasteiger partial charge on any atom is -0.406 e. The second-order valence-electron chi connectivity index (χ2n) is 5.75. The summed E-state index contributed by atoms with van der Waals surface area (Å²) < 4.78 is 40.3. The first-order chi connectivity index (χ1) is 9.76. The summed E-state index contributed by atoms with van der Waals surface area (Å²) in [5, 5.41) is 0. The Labute approximate surface area is 123 Å². The molecule has 2 rings (SSSR count). The van der Waals surface area contributed by atoms with Crippen molar-refractivity contribution in [3.63, 3.8) is 0 Å². The highest BCUT2D eigenvalue weighted by atomic mass is 19.4. The van der Waals surface area contributed by atoms with Gasteiger partial charge in [0.25, 0.3) is 0 Å². The monoisotopic (exact) mass is 302 g/mol. The Balaban J connectivity index is 2.04. The normalized spacial score (nSPS) is 23.9. The zero-order valence-electron chi connectivity index (χ0n) is 12.5. The Morgan fingerprint density at radius 1 is 1.24 bits per heavy atom. The van der Waals surface area contributed by atoms with Crippen LogP contribution in [0.5, 0.6) is 5.75 Å². The first-order valence-electron chi connectivity index (χ1n) is 7.03. The fraction of sp³-hybridized carbons (Fsp3) is 0.600. The van der Waals surface area contributed by atoms with Gasteiger partial charge in [0.05, 0.1) is 0 Å². The van der Waals surface area contributed by atoms with Gasteiger partial charge >= 0.3 is 6.36 Å². The van der Waals surface area contributed by atoms with E-state index < -0.39 is 6.36 Å². The van der Waals surface area contributed by atoms with Crippen LogP contribution in [0.1, 0.15) is 13.3 Å². The van der Waals surface area contributed by atoms with Gasteiger partial charge in [-0.3, -0.25) is 0 Å². The number of anilines is 1. The fourth-order valence-electron chi connectivity index (χ4n) is 2.99. The van der Waals surface area contributed by atoms with Crippen LogP contribution < -0.4 is 9.64 Å². The van der Waals surface area contributed by atoms with Crippen molar-refractivity contribution in [1.82, 2.24) is 4.90 Å². The van der Waals surface area contributed by atoms with Crippen molar-refractivity contribution in [3.8, 4) is 5.75 Å². The summed E-state index contributed by atoms with van der Waals surface area (Å²) in [6.07, 6.45) is -3.59. The molecule has 0 saturated carbocycles. The molecule has 0 aliphatic carbocycles. The van der Waals surface area contributed by atoms with Gasteiger partial charge in [0.2, 0.25) is 0 Å². The van der Waals surface area contributed by atoms with E-state index in [2.05, 4.69) is 28.5 Å². The van der Waals surface area contributed by atoms with Gasteiger partial charge in [-0.1, -0.05) is 6.92 Å². The van der Waals surface area contributed by atoms with Crippen LogP contribution in [0, 0.1) is 5.92 Å². The SMILES string of the molecule is C[C@H]1CN(C)CCC1N(C)c1ccc(OC(F)(F)F)cc1. The third kappa shape index (κ3) is 4.27. The van der Waals surface area contributed by atoms with Crippen molar-refractivity contribution in [3.05, 3.63) is 24.3 Å². The van der Waals surface area contributed by atoms with Gasteiger partial charge in [0.15, 0.2) is 0 Å². The van der Waals surface area contributed by atoms with Crippen molar-refractivity contribution in [2.24, 2.45) is 5.92 Å². The molecule has 0 spiro atoms. The summed E-state index contributed by atoms with van der Waals surface area (Å²) >= 11 is 0. The molecule has 2 atom stereocenters. The maximum Gasteiger partial charge on any atom is 0.573 e. The molecule has 1 aliphatic heterocycles. The number of hydrogen-bond donors (Lipinski definition) is 0. The lowest BCUT2D eigenvalue weighted by Crippen LogP contribution is -2.47. The predicted molar refractivity (Wildman–Crippen MR) is 76.6 cm³/mol. The predicted octanol–water partition coefficient (Wildman–Crippen LogP) is 3.36. The highest BCUT2D eigenvalue weighted by molar-refractivity contribution is 5.49. The van der Waals surface area contributed by atoms with E-state index in [-0.39, 0.29) is 5.75 Å². The summed E-state index contributed by atoms with van der Waals surface area (Å²) in [6, 6.07) is 6.46. The number of benzene rings is 1. The Morgan fingerprint density at radius 2 is 1.86 bits per heavy atom. The summed E-state index contributed by atoms with van der Waals surface area (Å²) in [6.45, 7) is 4.27. The largest absolute Gasteiger partial charge is 0.573 e. The Hall–Kier alpha value is -1.43. The Morgan fingerprint density at radius 3 is 2.38 bits per heavy atom. The van der Waals surface area contributed by atoms with Gasteiger partial charge in [-0.2, -0.15) is 0 Å². The van der Waals surface area contributed by atoms with Crippen molar-refractivity contribution < 1.29 is 17.9 Å². The summed E-state index contributed by atoms with van der Waals surface area (Å²) in [5.41, 5.74) is 0.908. The maximum absolute atomic E-state index is 12.1. The Kier molecular flexibility index (Phi) is 4.66. The molecule has 0 N–H and O–H groups in total. The molecule has 1 aromatic rings. The van der Waals surface area contributed by atoms with E-state index in [9.17, 15) is 13.2 Å². The molecule has 1 aromatic carbocycles. The molecule has 3 nitrogen and oxygen atoms in total. The second kappa shape index (κ2) is 6.13. The molecule has 1 aliphatic rings. The van der Waals surface area contributed by atoms with Crippen LogP contribution >= 0.6 is 0 Å². The van der Waals surface area contributed by atoms with Gasteiger partial charge in [-0.25, -0.2) is 0 Å². The minimum atomic E-state index is -4.64. The molecular weight excluding hydrogens is 281 g/mol. The Bertz CT molecular complexity index is 461. The summed E-state index contributed by atoms with van der Waals surface area (Å²) in [7, 11) is 4.10. The van der Waals surface area contributed by atoms with Gasteiger partial charge in [0, 0.05) is 25.3 Å². The van der Waals surface area contributed by atoms with E-state index >= 15 is 0 Å². The standard InChI is InChI=1S/C15H21F3N2O/c1-11-10-19(2)9-8-14(11)20(3)12-4-6-13(7-5-12)21-15(16,17)18/h4-7,11,14H,8-10H2,1-3H3/t11-,14?/m0/s1. The highest BCUT2D eigenvalue weighted by Gasteiger charge is 2.31. The van der Waals surface area contributed by atoms with Crippen molar-refractivity contribution >= 4 is 5.69 Å². The molecule has 21 heavy (non-hydrogen) atoms. The number of likely N-dealkylation sites (tertiary alicyclic amines) is 1. The van der Waals surface area contributed by atoms with Gasteiger partial charge in [0.1, 0.15) is 5.75 Å². The average molecular weight is 302 g/mol. The zero-order valence-corrected chi connectivity index (χ0v) is 12.5. The molecule has 1 unspecified atom stereocenters. The van der Waals surface area contributed by atoms with E-state index in [1.165, 1.54) is 12.1 Å². The maximum atomic E-state index is 12.1. The smallest absolute Gasteiger partial charge is 0.406 e. The second-order valence-corrected chi connectivity index (χ2v) is 5.75. The number of rotatable bonds is 3. The van der Waals surface area contributed by atoms with E-state index in [1.807, 2.05) is 7.05 Å². The average Bonchev–Trinajstić information content (AvgIpc) is 2.37. The van der Waals surface area contributed by atoms with Crippen LogP contribution in [-0.2, 0) is 0 Å². The number of ether oxygens (including phenoxy) is 1. The number of halogens is 3. The van der Waals surface area contributed by atoms with Crippen molar-refractivity contribution in [2.45, 2.75) is 25.7 Å². The molecular formula is C15H21F3N2O. The molecule has 1 heterocycles. The summed E-state index contributed by atoms with van der Waals surface area (Å²) in [4.78, 5) is 4.45. The number of nitrogens with zero attached hydrogens (tertiary/aromatic N) is 2. The molecule has 0 amide bonds. The molecule has 118 valence electrons. The topological polar surface area (TPSA) is 15.7 Å². The molecule has 0 bridgehead atoms. The van der Waals surface area contributed by atoms with Crippen LogP contribution in [-0.4, -0.2) is 44.5 Å². The summed E-state index contributed by atoms with van der Waals surface area (Å²) in [5.74, 6) is 0.330. The molecule has 0 aromatic heterocycles. The third-order valence-electron chi connectivity index (χ3n) is 4.04. The van der Waals surface area contributed by atoms with Crippen molar-refractivity contribution in [1.29, 1.82) is 0 Å². The van der Waals surface area contributed by atoms with Crippen LogP contribution in [0.3, 0.4) is 0 Å². The zero-order chi connectivity index (χ0) is 15.6. The first-order valence-corrected chi connectivity index (χ1v) is 7.03. The van der Waals surface area contributed by atoms with Gasteiger partial charge in [-0.05, 0) is 50.2 Å². The van der Waals surface area contributed by atoms with Crippen LogP contribution in [0.2, 0.25) is 0 Å². The lowest BCUT2D eigenvalue weighted by atomic mass is 9.92. The van der Waals surface area contributed by atoms with E-state index in [0.717, 1.165) is 25.2 Å². The van der Waals surface area contributed by atoms with E-state index in [0.29, 0.717) is 12.0 Å². The molecule has 1 saturated heterocycles. The van der Waals surface area contributed by atoms with Crippen LogP contribution in [0.15, 0.2) is 24.3 Å².